The van der Waals surface area contributed by atoms with E-state index in [4.69, 9.17) is 4.74 Å². The van der Waals surface area contributed by atoms with E-state index in [-0.39, 0.29) is 18.0 Å². The van der Waals surface area contributed by atoms with Gasteiger partial charge in [-0.2, -0.15) is 0 Å². The number of hydrogen-bond acceptors (Lipinski definition) is 6. The topological polar surface area (TPSA) is 99.4 Å². The quantitative estimate of drug-likeness (QED) is 0.409. The summed E-state index contributed by atoms with van der Waals surface area (Å²) in [6.45, 7) is 10.6. The van der Waals surface area contributed by atoms with Crippen molar-refractivity contribution in [1.82, 2.24) is 15.3 Å². The van der Waals surface area contributed by atoms with Crippen LogP contribution >= 0.6 is 0 Å². The number of carbonyl (C=O) groups excluding carboxylic acids is 1. The van der Waals surface area contributed by atoms with E-state index in [1.165, 1.54) is 0 Å². The maximum Gasteiger partial charge on any atom is 0.253 e. The van der Waals surface area contributed by atoms with Gasteiger partial charge in [0.25, 0.3) is 11.5 Å². The summed E-state index contributed by atoms with van der Waals surface area (Å²) in [5.41, 5.74) is 6.91. The van der Waals surface area contributed by atoms with Gasteiger partial charge in [0.1, 0.15) is 5.82 Å². The van der Waals surface area contributed by atoms with Gasteiger partial charge in [0.2, 0.25) is 0 Å². The third kappa shape index (κ3) is 5.71. The van der Waals surface area contributed by atoms with E-state index in [1.807, 2.05) is 45.2 Å². The molecular weight excluding hydrogens is 490 g/mol. The molecule has 2 aromatic heterocycles. The average Bonchev–Trinajstić information content (AvgIpc) is 2.92. The molecule has 206 valence electrons. The molecule has 39 heavy (non-hydrogen) atoms. The molecule has 2 aliphatic heterocycles. The van der Waals surface area contributed by atoms with Gasteiger partial charge in [-0.05, 0) is 100 Å². The average molecular weight is 530 g/mol. The number of nitrogens with one attached hydrogen (secondary N) is 3. The van der Waals surface area contributed by atoms with Crippen LogP contribution < -0.4 is 21.1 Å². The van der Waals surface area contributed by atoms with Crippen molar-refractivity contribution in [1.29, 1.82) is 0 Å². The lowest BCUT2D eigenvalue weighted by Crippen LogP contribution is -2.47. The summed E-state index contributed by atoms with van der Waals surface area (Å²) >= 11 is 0. The van der Waals surface area contributed by atoms with Crippen molar-refractivity contribution in [3.63, 3.8) is 0 Å². The predicted octanol–water partition coefficient (Wildman–Crippen LogP) is 4.74. The zero-order chi connectivity index (χ0) is 27.5. The molecule has 5 rings (SSSR count). The van der Waals surface area contributed by atoms with Crippen LogP contribution in [-0.2, 0) is 17.7 Å². The number of pyridine rings is 2. The van der Waals surface area contributed by atoms with Crippen LogP contribution in [-0.4, -0.2) is 47.7 Å². The summed E-state index contributed by atoms with van der Waals surface area (Å²) in [6.07, 6.45) is 5.64. The number of aromatic nitrogens is 2. The summed E-state index contributed by atoms with van der Waals surface area (Å²) in [7, 11) is 0. The number of aryl methyl sites for hydroxylation is 2. The third-order valence-corrected chi connectivity index (χ3v) is 7.99. The molecule has 3 aromatic rings. The monoisotopic (exact) mass is 529 g/mol. The predicted molar refractivity (Wildman–Crippen MR) is 156 cm³/mol. The molecule has 0 spiro atoms. The van der Waals surface area contributed by atoms with Crippen LogP contribution in [0.5, 0.6) is 0 Å². The molecule has 8 nitrogen and oxygen atoms in total. The molecule has 1 unspecified atom stereocenters. The van der Waals surface area contributed by atoms with Crippen LogP contribution in [0.25, 0.3) is 11.1 Å². The fourth-order valence-electron chi connectivity index (χ4n) is 5.98. The maximum atomic E-state index is 13.8. The minimum Gasteiger partial charge on any atom is -0.381 e. The first-order chi connectivity index (χ1) is 18.9. The Labute approximate surface area is 230 Å². The van der Waals surface area contributed by atoms with Crippen LogP contribution in [0, 0.1) is 13.8 Å². The number of anilines is 2. The Morgan fingerprint density at radius 2 is 1.92 bits per heavy atom. The van der Waals surface area contributed by atoms with Crippen molar-refractivity contribution < 1.29 is 9.53 Å². The second kappa shape index (κ2) is 11.6. The first-order valence-corrected chi connectivity index (χ1v) is 14.1. The standard InChI is InChI=1S/C31H39N5O3/c1-5-32-29-9-7-22(17-33-29)23-15-26(30(37)34-18-27-19(2)14-20(3)35-31(27)38)25-8-6-21(4)36(28(25)16-23)24-10-12-39-13-11-24/h7,9,14-17,21,24H,5-6,8,10-13,18H2,1-4H3,(H,32,33)(H,34,37)(H,35,38). The second-order valence-corrected chi connectivity index (χ2v) is 10.7. The van der Waals surface area contributed by atoms with Gasteiger partial charge < -0.3 is 25.3 Å². The maximum absolute atomic E-state index is 13.8. The number of carbonyl (C=O) groups is 1. The Balaban J connectivity index is 1.54. The lowest BCUT2D eigenvalue weighted by Gasteiger charge is -2.44. The van der Waals surface area contributed by atoms with Gasteiger partial charge in [-0.25, -0.2) is 4.98 Å². The normalized spacial score (nSPS) is 17.5. The van der Waals surface area contributed by atoms with Crippen LogP contribution in [0.15, 0.2) is 41.3 Å². The Morgan fingerprint density at radius 1 is 1.13 bits per heavy atom. The number of amides is 1. The molecule has 1 atom stereocenters. The zero-order valence-corrected chi connectivity index (χ0v) is 23.4. The fourth-order valence-corrected chi connectivity index (χ4v) is 5.98. The summed E-state index contributed by atoms with van der Waals surface area (Å²) < 4.78 is 5.67. The second-order valence-electron chi connectivity index (χ2n) is 10.7. The van der Waals surface area contributed by atoms with E-state index in [0.29, 0.717) is 23.2 Å². The number of benzene rings is 1. The van der Waals surface area contributed by atoms with E-state index in [9.17, 15) is 9.59 Å². The highest BCUT2D eigenvalue weighted by atomic mass is 16.5. The lowest BCUT2D eigenvalue weighted by molar-refractivity contribution is 0.0822. The van der Waals surface area contributed by atoms with Gasteiger partial charge in [0, 0.05) is 72.7 Å². The van der Waals surface area contributed by atoms with E-state index >= 15 is 0 Å². The van der Waals surface area contributed by atoms with Crippen LogP contribution in [0.4, 0.5) is 11.5 Å². The fraction of sp³-hybridized carbons (Fsp3) is 0.452. The molecule has 0 saturated carbocycles. The molecule has 1 saturated heterocycles. The van der Waals surface area contributed by atoms with Gasteiger partial charge in [-0.1, -0.05) is 0 Å². The highest BCUT2D eigenvalue weighted by Crippen LogP contribution is 2.40. The van der Waals surface area contributed by atoms with E-state index in [1.54, 1.807) is 0 Å². The van der Waals surface area contributed by atoms with E-state index < -0.39 is 0 Å². The molecule has 3 N–H and O–H groups in total. The Bertz CT molecular complexity index is 1390. The van der Waals surface area contributed by atoms with Crippen molar-refractivity contribution in [2.24, 2.45) is 0 Å². The SMILES string of the molecule is CCNc1ccc(-c2cc(C(=O)NCc3c(C)cc(C)[nH]c3=O)c3c(c2)N(C2CCOCC2)C(C)CC3)cn1. The Kier molecular flexibility index (Phi) is 8.02. The van der Waals surface area contributed by atoms with Crippen LogP contribution in [0.3, 0.4) is 0 Å². The number of hydrogen-bond donors (Lipinski definition) is 3. The van der Waals surface area contributed by atoms with Gasteiger partial charge >= 0.3 is 0 Å². The zero-order valence-electron chi connectivity index (χ0n) is 23.4. The van der Waals surface area contributed by atoms with E-state index in [2.05, 4.69) is 44.6 Å². The van der Waals surface area contributed by atoms with Gasteiger partial charge in [0.15, 0.2) is 0 Å². The molecule has 1 fully saturated rings. The molecular formula is C31H39N5O3. The highest BCUT2D eigenvalue weighted by Gasteiger charge is 2.33. The minimum atomic E-state index is -0.161. The number of fused-ring (bicyclic) bond motifs is 1. The van der Waals surface area contributed by atoms with Crippen LogP contribution in [0.2, 0.25) is 0 Å². The van der Waals surface area contributed by atoms with Gasteiger partial charge in [-0.3, -0.25) is 9.59 Å². The summed E-state index contributed by atoms with van der Waals surface area (Å²) in [4.78, 5) is 36.3. The number of ether oxygens (including phenoxy) is 1. The number of aromatic amines is 1. The molecule has 0 radical (unpaired) electrons. The molecule has 0 aliphatic carbocycles. The Morgan fingerprint density at radius 3 is 2.62 bits per heavy atom. The van der Waals surface area contributed by atoms with Crippen molar-refractivity contribution in [3.05, 3.63) is 74.8 Å². The lowest BCUT2D eigenvalue weighted by atomic mass is 9.87. The molecule has 2 aliphatic rings. The van der Waals surface area contributed by atoms with E-state index in [0.717, 1.165) is 84.9 Å². The smallest absolute Gasteiger partial charge is 0.253 e. The molecule has 1 amide bonds. The largest absolute Gasteiger partial charge is 0.381 e. The van der Waals surface area contributed by atoms with Crippen LogP contribution in [0.1, 0.15) is 65.9 Å². The number of H-pyrrole nitrogens is 1. The third-order valence-electron chi connectivity index (χ3n) is 7.99. The molecule has 4 heterocycles. The number of rotatable bonds is 7. The summed E-state index contributed by atoms with van der Waals surface area (Å²) in [6, 6.07) is 10.9. The molecule has 1 aromatic carbocycles. The minimum absolute atomic E-state index is 0.157. The number of nitrogens with zero attached hydrogens (tertiary/aromatic N) is 2. The van der Waals surface area contributed by atoms with Crippen molar-refractivity contribution >= 4 is 17.4 Å². The van der Waals surface area contributed by atoms with Gasteiger partial charge in [-0.15, -0.1) is 0 Å². The van der Waals surface area contributed by atoms with Crippen molar-refractivity contribution in [3.8, 4) is 11.1 Å². The van der Waals surface area contributed by atoms with Gasteiger partial charge in [0.05, 0.1) is 0 Å². The van der Waals surface area contributed by atoms with Crippen molar-refractivity contribution in [2.45, 2.75) is 72.0 Å². The first kappa shape index (κ1) is 26.9. The first-order valence-electron chi connectivity index (χ1n) is 14.1. The van der Waals surface area contributed by atoms with Crippen molar-refractivity contribution in [2.75, 3.05) is 30.0 Å². The highest BCUT2D eigenvalue weighted by molar-refractivity contribution is 5.99. The molecule has 8 heteroatoms. The summed E-state index contributed by atoms with van der Waals surface area (Å²) in [5, 5.41) is 6.30. The Hall–Kier alpha value is -3.65. The molecule has 0 bridgehead atoms. The summed E-state index contributed by atoms with van der Waals surface area (Å²) in [5.74, 6) is 0.666.